The Balaban J connectivity index is 1.91. The molecule has 2 rings (SSSR count). The molecule has 0 aromatic heterocycles. The Morgan fingerprint density at radius 3 is 2.05 bits per heavy atom. The number of amides is 1. The summed E-state index contributed by atoms with van der Waals surface area (Å²) >= 11 is 12.2. The van der Waals surface area contributed by atoms with Gasteiger partial charge in [0.05, 0.1) is 0 Å². The number of aryl methyl sites for hydroxylation is 1. The first kappa shape index (κ1) is 15.9. The van der Waals surface area contributed by atoms with Crippen LogP contribution in [0.4, 0.5) is 0 Å². The van der Waals surface area contributed by atoms with Gasteiger partial charge in [0.1, 0.15) is 0 Å². The predicted octanol–water partition coefficient (Wildman–Crippen LogP) is 4.58. The number of halogens is 2. The lowest BCUT2D eigenvalue weighted by atomic mass is 10.1. The van der Waals surface area contributed by atoms with E-state index in [9.17, 15) is 4.79 Å². The van der Waals surface area contributed by atoms with E-state index in [1.54, 1.807) is 11.9 Å². The molecule has 4 heteroatoms. The molecule has 0 saturated heterocycles. The minimum atomic E-state index is 0.0786. The number of hydrogen-bond acceptors (Lipinski definition) is 1. The van der Waals surface area contributed by atoms with Gasteiger partial charge in [-0.25, -0.2) is 0 Å². The monoisotopic (exact) mass is 321 g/mol. The lowest BCUT2D eigenvalue weighted by Gasteiger charge is -2.18. The van der Waals surface area contributed by atoms with E-state index in [-0.39, 0.29) is 5.91 Å². The van der Waals surface area contributed by atoms with Crippen LogP contribution in [0, 0.1) is 0 Å². The highest BCUT2D eigenvalue weighted by molar-refractivity contribution is 6.31. The summed E-state index contributed by atoms with van der Waals surface area (Å²) in [6, 6.07) is 15.2. The van der Waals surface area contributed by atoms with E-state index in [0.29, 0.717) is 29.4 Å². The minimum Gasteiger partial charge on any atom is -0.341 e. The van der Waals surface area contributed by atoms with Crippen molar-refractivity contribution in [1.82, 2.24) is 4.90 Å². The molecule has 0 unspecified atom stereocenters. The molecule has 0 saturated carbocycles. The normalized spacial score (nSPS) is 10.4. The van der Waals surface area contributed by atoms with Crippen LogP contribution >= 0.6 is 23.2 Å². The fourth-order valence-corrected chi connectivity index (χ4v) is 2.53. The summed E-state index contributed by atoms with van der Waals surface area (Å²) in [5.41, 5.74) is 1.95. The average Bonchev–Trinajstić information content (AvgIpc) is 2.48. The summed E-state index contributed by atoms with van der Waals surface area (Å²) in [6.07, 6.45) is 1.08. The minimum absolute atomic E-state index is 0.0786. The number of carbonyl (C=O) groups excluding carboxylic acids is 1. The molecule has 0 radical (unpaired) electrons. The number of hydrogen-bond donors (Lipinski definition) is 0. The molecule has 0 aliphatic rings. The summed E-state index contributed by atoms with van der Waals surface area (Å²) in [7, 11) is 1.79. The van der Waals surface area contributed by atoms with Gasteiger partial charge < -0.3 is 4.90 Å². The summed E-state index contributed by atoms with van der Waals surface area (Å²) in [5.74, 6) is 0.0786. The molecule has 2 aromatic rings. The van der Waals surface area contributed by atoms with Crippen LogP contribution in [0.1, 0.15) is 17.5 Å². The third kappa shape index (κ3) is 4.48. The molecule has 0 bridgehead atoms. The molecule has 0 heterocycles. The van der Waals surface area contributed by atoms with Gasteiger partial charge in [0, 0.05) is 30.1 Å². The SMILES string of the molecule is CN(Cc1ccccc1Cl)C(=O)CCc1ccccc1Cl. The average molecular weight is 322 g/mol. The molecule has 110 valence electrons. The third-order valence-electron chi connectivity index (χ3n) is 3.36. The van der Waals surface area contributed by atoms with Gasteiger partial charge in [-0.15, -0.1) is 0 Å². The maximum absolute atomic E-state index is 12.2. The van der Waals surface area contributed by atoms with Gasteiger partial charge in [-0.05, 0) is 29.7 Å². The highest BCUT2D eigenvalue weighted by Crippen LogP contribution is 2.19. The quantitative estimate of drug-likeness (QED) is 0.789. The van der Waals surface area contributed by atoms with E-state index >= 15 is 0 Å². The summed E-state index contributed by atoms with van der Waals surface area (Å²) < 4.78 is 0. The van der Waals surface area contributed by atoms with E-state index in [1.165, 1.54) is 0 Å². The highest BCUT2D eigenvalue weighted by Gasteiger charge is 2.11. The zero-order chi connectivity index (χ0) is 15.2. The fraction of sp³-hybridized carbons (Fsp3) is 0.235. The first-order valence-electron chi connectivity index (χ1n) is 6.78. The van der Waals surface area contributed by atoms with Crippen LogP contribution in [0.3, 0.4) is 0 Å². The van der Waals surface area contributed by atoms with Crippen molar-refractivity contribution in [3.05, 3.63) is 69.7 Å². The summed E-state index contributed by atoms with van der Waals surface area (Å²) in [4.78, 5) is 13.9. The summed E-state index contributed by atoms with van der Waals surface area (Å²) in [5, 5.41) is 1.39. The van der Waals surface area contributed by atoms with Crippen molar-refractivity contribution in [3.8, 4) is 0 Å². The van der Waals surface area contributed by atoms with E-state index < -0.39 is 0 Å². The van der Waals surface area contributed by atoms with Crippen LogP contribution in [-0.4, -0.2) is 17.9 Å². The Morgan fingerprint density at radius 2 is 1.48 bits per heavy atom. The fourth-order valence-electron chi connectivity index (χ4n) is 2.10. The second kappa shape index (κ2) is 7.48. The molecule has 2 nitrogen and oxygen atoms in total. The molecule has 0 spiro atoms. The van der Waals surface area contributed by atoms with Crippen LogP contribution in [0.5, 0.6) is 0 Å². The lowest BCUT2D eigenvalue weighted by Crippen LogP contribution is -2.26. The Labute approximate surface area is 135 Å². The molecule has 2 aromatic carbocycles. The maximum Gasteiger partial charge on any atom is 0.222 e. The maximum atomic E-state index is 12.2. The van der Waals surface area contributed by atoms with Gasteiger partial charge in [-0.2, -0.15) is 0 Å². The number of rotatable bonds is 5. The van der Waals surface area contributed by atoms with Crippen LogP contribution in [0.15, 0.2) is 48.5 Å². The smallest absolute Gasteiger partial charge is 0.222 e. The van der Waals surface area contributed by atoms with Crippen molar-refractivity contribution in [2.24, 2.45) is 0 Å². The van der Waals surface area contributed by atoms with Crippen LogP contribution in [0.2, 0.25) is 10.0 Å². The summed E-state index contributed by atoms with van der Waals surface area (Å²) in [6.45, 7) is 0.515. The zero-order valence-corrected chi connectivity index (χ0v) is 13.4. The number of carbonyl (C=O) groups is 1. The molecule has 0 aliphatic heterocycles. The van der Waals surface area contributed by atoms with Crippen molar-refractivity contribution < 1.29 is 4.79 Å². The van der Waals surface area contributed by atoms with Gasteiger partial charge in [-0.1, -0.05) is 59.6 Å². The Morgan fingerprint density at radius 1 is 0.952 bits per heavy atom. The highest BCUT2D eigenvalue weighted by atomic mass is 35.5. The first-order valence-corrected chi connectivity index (χ1v) is 7.54. The Hall–Kier alpha value is -1.51. The van der Waals surface area contributed by atoms with Gasteiger partial charge >= 0.3 is 0 Å². The van der Waals surface area contributed by atoms with Crippen molar-refractivity contribution in [2.75, 3.05) is 7.05 Å². The van der Waals surface area contributed by atoms with Crippen molar-refractivity contribution in [3.63, 3.8) is 0 Å². The van der Waals surface area contributed by atoms with E-state index in [0.717, 1.165) is 11.1 Å². The van der Waals surface area contributed by atoms with Crippen molar-refractivity contribution in [2.45, 2.75) is 19.4 Å². The molecule has 1 amide bonds. The van der Waals surface area contributed by atoms with Crippen molar-refractivity contribution >= 4 is 29.1 Å². The number of benzene rings is 2. The first-order chi connectivity index (χ1) is 10.1. The molecule has 21 heavy (non-hydrogen) atoms. The number of nitrogens with zero attached hydrogens (tertiary/aromatic N) is 1. The van der Waals surface area contributed by atoms with Crippen molar-refractivity contribution in [1.29, 1.82) is 0 Å². The van der Waals surface area contributed by atoms with Gasteiger partial charge in [0.15, 0.2) is 0 Å². The lowest BCUT2D eigenvalue weighted by molar-refractivity contribution is -0.130. The predicted molar refractivity (Wildman–Crippen MR) is 87.7 cm³/mol. The second-order valence-electron chi connectivity index (χ2n) is 4.93. The standard InChI is InChI=1S/C17H17Cl2NO/c1-20(12-14-7-3-5-9-16(14)19)17(21)11-10-13-6-2-4-8-15(13)18/h2-9H,10-12H2,1H3. The van der Waals surface area contributed by atoms with Crippen LogP contribution in [0.25, 0.3) is 0 Å². The molecule has 0 aliphatic carbocycles. The molecular formula is C17H17Cl2NO. The van der Waals surface area contributed by atoms with Gasteiger partial charge in [0.25, 0.3) is 0 Å². The third-order valence-corrected chi connectivity index (χ3v) is 4.09. The topological polar surface area (TPSA) is 20.3 Å². The Bertz CT molecular complexity index is 628. The van der Waals surface area contributed by atoms with Crippen LogP contribution in [-0.2, 0) is 17.8 Å². The van der Waals surface area contributed by atoms with Gasteiger partial charge in [0.2, 0.25) is 5.91 Å². The van der Waals surface area contributed by atoms with E-state index in [1.807, 2.05) is 48.5 Å². The van der Waals surface area contributed by atoms with Crippen LogP contribution < -0.4 is 0 Å². The Kier molecular flexibility index (Phi) is 5.66. The zero-order valence-electron chi connectivity index (χ0n) is 11.9. The second-order valence-corrected chi connectivity index (χ2v) is 5.75. The van der Waals surface area contributed by atoms with Gasteiger partial charge in [-0.3, -0.25) is 4.79 Å². The molecule has 0 atom stereocenters. The largest absolute Gasteiger partial charge is 0.341 e. The molecule has 0 fully saturated rings. The molecular weight excluding hydrogens is 305 g/mol. The van der Waals surface area contributed by atoms with E-state index in [2.05, 4.69) is 0 Å². The molecule has 0 N–H and O–H groups in total. The van der Waals surface area contributed by atoms with E-state index in [4.69, 9.17) is 23.2 Å².